The lowest BCUT2D eigenvalue weighted by atomic mass is 10.1. The van der Waals surface area contributed by atoms with Gasteiger partial charge in [-0.15, -0.1) is 11.3 Å². The molecular weight excluding hydrogens is 369 g/mol. The minimum absolute atomic E-state index is 0.0972. The fourth-order valence-corrected chi connectivity index (χ4v) is 3.55. The van der Waals surface area contributed by atoms with Gasteiger partial charge in [-0.3, -0.25) is 0 Å². The molecule has 1 atom stereocenters. The Morgan fingerprint density at radius 2 is 2.00 bits per heavy atom. The van der Waals surface area contributed by atoms with Crippen molar-refractivity contribution in [3.05, 3.63) is 54.8 Å². The molecule has 17 heavy (non-hydrogen) atoms. The number of halogens is 3. The van der Waals surface area contributed by atoms with E-state index >= 15 is 0 Å². The van der Waals surface area contributed by atoms with Crippen LogP contribution in [-0.4, -0.2) is 0 Å². The maximum atomic E-state index is 13.2. The number of benzene rings is 1. The second-order valence-corrected chi connectivity index (χ2v) is 7.14. The Kier molecular flexibility index (Phi) is 4.36. The summed E-state index contributed by atoms with van der Waals surface area (Å²) in [4.78, 5) is 1.09. The summed E-state index contributed by atoms with van der Waals surface area (Å²) in [6, 6.07) is 8.73. The van der Waals surface area contributed by atoms with E-state index in [1.54, 1.807) is 11.3 Å². The van der Waals surface area contributed by atoms with Gasteiger partial charge >= 0.3 is 0 Å². The molecule has 0 amide bonds. The molecule has 0 radical (unpaired) electrons. The van der Waals surface area contributed by atoms with Gasteiger partial charge in [-0.1, -0.05) is 15.9 Å². The third kappa shape index (κ3) is 3.61. The molecule has 5 heteroatoms. The van der Waals surface area contributed by atoms with E-state index in [0.717, 1.165) is 18.7 Å². The van der Waals surface area contributed by atoms with Gasteiger partial charge in [0.05, 0.1) is 3.79 Å². The quantitative estimate of drug-likeness (QED) is 0.826. The van der Waals surface area contributed by atoms with Crippen molar-refractivity contribution in [2.75, 3.05) is 0 Å². The zero-order valence-electron chi connectivity index (χ0n) is 8.79. The lowest BCUT2D eigenvalue weighted by molar-refractivity contribution is 0.621. The van der Waals surface area contributed by atoms with Crippen molar-refractivity contribution in [1.29, 1.82) is 0 Å². The highest BCUT2D eigenvalue weighted by molar-refractivity contribution is 9.11. The van der Waals surface area contributed by atoms with E-state index in [0.29, 0.717) is 6.42 Å². The molecule has 0 aliphatic heterocycles. The van der Waals surface area contributed by atoms with Gasteiger partial charge in [0.2, 0.25) is 0 Å². The fourth-order valence-electron chi connectivity index (χ4n) is 1.61. The number of hydrogen-bond donors (Lipinski definition) is 1. The van der Waals surface area contributed by atoms with Crippen LogP contribution in [0.3, 0.4) is 0 Å². The molecule has 2 N–H and O–H groups in total. The van der Waals surface area contributed by atoms with Crippen LogP contribution in [0.4, 0.5) is 4.39 Å². The topological polar surface area (TPSA) is 26.0 Å². The van der Waals surface area contributed by atoms with Crippen LogP contribution in [0.25, 0.3) is 0 Å². The number of nitrogens with two attached hydrogens (primary N) is 1. The number of hydrogen-bond acceptors (Lipinski definition) is 2. The summed E-state index contributed by atoms with van der Waals surface area (Å²) in [7, 11) is 0. The Bertz CT molecular complexity index is 507. The molecule has 1 heterocycles. The van der Waals surface area contributed by atoms with Crippen molar-refractivity contribution < 1.29 is 4.39 Å². The first-order valence-corrected chi connectivity index (χ1v) is 7.40. The molecule has 0 spiro atoms. The molecule has 1 unspecified atom stereocenters. The van der Waals surface area contributed by atoms with E-state index in [-0.39, 0.29) is 11.9 Å². The minimum Gasteiger partial charge on any atom is -0.323 e. The van der Waals surface area contributed by atoms with Crippen LogP contribution >= 0.6 is 43.2 Å². The molecule has 0 aliphatic rings. The molecule has 0 saturated carbocycles. The lowest BCUT2D eigenvalue weighted by Crippen LogP contribution is -2.11. The first-order chi connectivity index (χ1) is 8.04. The Morgan fingerprint density at radius 3 is 2.59 bits per heavy atom. The third-order valence-electron chi connectivity index (χ3n) is 2.34. The van der Waals surface area contributed by atoms with E-state index in [1.165, 1.54) is 12.1 Å². The fraction of sp³-hybridized carbons (Fsp3) is 0.167. The van der Waals surface area contributed by atoms with Gasteiger partial charge in [-0.25, -0.2) is 4.39 Å². The first kappa shape index (κ1) is 13.2. The molecular formula is C12H10Br2FNS. The van der Waals surface area contributed by atoms with Gasteiger partial charge in [0.1, 0.15) is 5.82 Å². The van der Waals surface area contributed by atoms with Gasteiger partial charge in [-0.05, 0) is 58.2 Å². The smallest absolute Gasteiger partial charge is 0.124 e. The molecule has 1 nitrogen and oxygen atoms in total. The second-order valence-electron chi connectivity index (χ2n) is 3.73. The first-order valence-electron chi connectivity index (χ1n) is 5.00. The summed E-state index contributed by atoms with van der Waals surface area (Å²) >= 11 is 8.29. The monoisotopic (exact) mass is 377 g/mol. The van der Waals surface area contributed by atoms with Crippen LogP contribution in [0.2, 0.25) is 0 Å². The van der Waals surface area contributed by atoms with Gasteiger partial charge in [0.25, 0.3) is 0 Å². The SMILES string of the molecule is NC(Cc1cc(F)cc(Br)c1)c1ccc(Br)s1. The summed E-state index contributed by atoms with van der Waals surface area (Å²) in [5.41, 5.74) is 6.99. The number of rotatable bonds is 3. The van der Waals surface area contributed by atoms with Crippen molar-refractivity contribution in [1.82, 2.24) is 0 Å². The summed E-state index contributed by atoms with van der Waals surface area (Å²) in [6.45, 7) is 0. The summed E-state index contributed by atoms with van der Waals surface area (Å²) in [5.74, 6) is -0.242. The van der Waals surface area contributed by atoms with Crippen molar-refractivity contribution in [3.8, 4) is 0 Å². The minimum atomic E-state index is -0.242. The Balaban J connectivity index is 2.15. The predicted octanol–water partition coefficient (Wildman–Crippen LogP) is 4.65. The summed E-state index contributed by atoms with van der Waals surface area (Å²) in [5, 5.41) is 0. The standard InChI is InChI=1S/C12H10Br2FNS/c13-8-3-7(4-9(15)6-8)5-10(16)11-1-2-12(14)17-11/h1-4,6,10H,5,16H2. The average Bonchev–Trinajstić information content (AvgIpc) is 2.63. The van der Waals surface area contributed by atoms with Crippen LogP contribution in [0.15, 0.2) is 38.6 Å². The largest absolute Gasteiger partial charge is 0.323 e. The normalized spacial score (nSPS) is 12.7. The molecule has 90 valence electrons. The van der Waals surface area contributed by atoms with E-state index < -0.39 is 0 Å². The van der Waals surface area contributed by atoms with Gasteiger partial charge in [-0.2, -0.15) is 0 Å². The predicted molar refractivity (Wildman–Crippen MR) is 76.8 cm³/mol. The molecule has 1 aromatic heterocycles. The highest BCUT2D eigenvalue weighted by atomic mass is 79.9. The van der Waals surface area contributed by atoms with Gasteiger partial charge in [0.15, 0.2) is 0 Å². The maximum Gasteiger partial charge on any atom is 0.124 e. The second kappa shape index (κ2) is 5.61. The van der Waals surface area contributed by atoms with E-state index in [4.69, 9.17) is 5.73 Å². The van der Waals surface area contributed by atoms with Crippen molar-refractivity contribution in [2.45, 2.75) is 12.5 Å². The highest BCUT2D eigenvalue weighted by Crippen LogP contribution is 2.28. The summed E-state index contributed by atoms with van der Waals surface area (Å²) in [6.07, 6.45) is 0.628. The summed E-state index contributed by atoms with van der Waals surface area (Å²) < 4.78 is 15.0. The van der Waals surface area contributed by atoms with Gasteiger partial charge in [0, 0.05) is 15.4 Å². The average molecular weight is 379 g/mol. The zero-order chi connectivity index (χ0) is 12.4. The molecule has 0 fully saturated rings. The van der Waals surface area contributed by atoms with Crippen LogP contribution in [0.1, 0.15) is 16.5 Å². The molecule has 1 aromatic carbocycles. The number of thiophene rings is 1. The molecule has 0 bridgehead atoms. The molecule has 0 aliphatic carbocycles. The third-order valence-corrected chi connectivity index (χ3v) is 4.55. The van der Waals surface area contributed by atoms with Crippen LogP contribution in [0, 0.1) is 5.82 Å². The Hall–Kier alpha value is -0.230. The Morgan fingerprint density at radius 1 is 1.24 bits per heavy atom. The van der Waals surface area contributed by atoms with Crippen molar-refractivity contribution in [3.63, 3.8) is 0 Å². The van der Waals surface area contributed by atoms with E-state index in [9.17, 15) is 4.39 Å². The maximum absolute atomic E-state index is 13.2. The molecule has 2 rings (SSSR count). The van der Waals surface area contributed by atoms with Crippen molar-refractivity contribution >= 4 is 43.2 Å². The molecule has 2 aromatic rings. The Labute approximate surface area is 120 Å². The molecule has 0 saturated heterocycles. The van der Waals surface area contributed by atoms with Gasteiger partial charge < -0.3 is 5.73 Å². The van der Waals surface area contributed by atoms with Crippen LogP contribution < -0.4 is 5.73 Å². The van der Waals surface area contributed by atoms with Crippen molar-refractivity contribution in [2.24, 2.45) is 5.73 Å². The van der Waals surface area contributed by atoms with E-state index in [2.05, 4.69) is 31.9 Å². The highest BCUT2D eigenvalue weighted by Gasteiger charge is 2.10. The lowest BCUT2D eigenvalue weighted by Gasteiger charge is -2.10. The van der Waals surface area contributed by atoms with Crippen LogP contribution in [-0.2, 0) is 6.42 Å². The van der Waals surface area contributed by atoms with E-state index in [1.807, 2.05) is 18.2 Å². The van der Waals surface area contributed by atoms with Crippen LogP contribution in [0.5, 0.6) is 0 Å². The zero-order valence-corrected chi connectivity index (χ0v) is 12.8.